The van der Waals surface area contributed by atoms with Gasteiger partial charge in [0.1, 0.15) is 0 Å². The molecule has 124 valence electrons. The summed E-state index contributed by atoms with van der Waals surface area (Å²) in [7, 11) is 0. The molecule has 0 N–H and O–H groups in total. The van der Waals surface area contributed by atoms with Crippen molar-refractivity contribution in [1.29, 1.82) is 0 Å². The van der Waals surface area contributed by atoms with Gasteiger partial charge in [-0.25, -0.2) is 0 Å². The Balaban J connectivity index is 1.42. The van der Waals surface area contributed by atoms with Gasteiger partial charge in [-0.2, -0.15) is 0 Å². The van der Waals surface area contributed by atoms with Crippen molar-refractivity contribution < 1.29 is 0 Å². The van der Waals surface area contributed by atoms with E-state index in [-0.39, 0.29) is 0 Å². The lowest BCUT2D eigenvalue weighted by Gasteiger charge is -1.98. The lowest BCUT2D eigenvalue weighted by Crippen LogP contribution is -1.74. The van der Waals surface area contributed by atoms with E-state index in [4.69, 9.17) is 0 Å². The second-order valence-corrected chi connectivity index (χ2v) is 6.32. The van der Waals surface area contributed by atoms with E-state index in [1.165, 1.54) is 32.7 Å². The van der Waals surface area contributed by atoms with Gasteiger partial charge in [-0.15, -0.1) is 0 Å². The van der Waals surface area contributed by atoms with Gasteiger partial charge >= 0.3 is 0 Å². The summed E-state index contributed by atoms with van der Waals surface area (Å²) in [6.07, 6.45) is 12.5. The summed E-state index contributed by atoms with van der Waals surface area (Å²) in [5, 5.41) is 5.10. The minimum absolute atomic E-state index is 1.21. The molecule has 4 rings (SSSR count). The Labute approximate surface area is 154 Å². The van der Waals surface area contributed by atoms with E-state index >= 15 is 0 Å². The van der Waals surface area contributed by atoms with Gasteiger partial charge in [0.05, 0.1) is 0 Å². The molecule has 0 atom stereocenters. The van der Waals surface area contributed by atoms with Crippen LogP contribution < -0.4 is 0 Å². The summed E-state index contributed by atoms with van der Waals surface area (Å²) >= 11 is 0. The van der Waals surface area contributed by atoms with Crippen LogP contribution in [0.15, 0.2) is 109 Å². The maximum atomic E-state index is 2.21. The van der Waals surface area contributed by atoms with Gasteiger partial charge in [0, 0.05) is 0 Å². The maximum Gasteiger partial charge on any atom is -0.0178 e. The summed E-state index contributed by atoms with van der Waals surface area (Å²) in [6, 6.07) is 29.9. The molecule has 0 heteroatoms. The van der Waals surface area contributed by atoms with Gasteiger partial charge in [-0.1, -0.05) is 109 Å². The zero-order valence-corrected chi connectivity index (χ0v) is 14.5. The topological polar surface area (TPSA) is 0 Å². The molecule has 0 radical (unpaired) electrons. The lowest BCUT2D eigenvalue weighted by atomic mass is 10.1. The van der Waals surface area contributed by atoms with Crippen molar-refractivity contribution in [2.45, 2.75) is 0 Å². The van der Waals surface area contributed by atoms with Crippen LogP contribution in [0, 0.1) is 0 Å². The summed E-state index contributed by atoms with van der Waals surface area (Å²) in [5.74, 6) is 0. The van der Waals surface area contributed by atoms with Crippen LogP contribution in [0.4, 0.5) is 0 Å². The average molecular weight is 332 g/mol. The molecule has 0 aromatic heterocycles. The molecular weight excluding hydrogens is 312 g/mol. The van der Waals surface area contributed by atoms with Gasteiger partial charge in [-0.05, 0) is 44.8 Å². The first kappa shape index (κ1) is 16.1. The van der Waals surface area contributed by atoms with Crippen LogP contribution in [-0.2, 0) is 0 Å². The Morgan fingerprint density at radius 2 is 0.808 bits per heavy atom. The van der Waals surface area contributed by atoms with Crippen LogP contribution in [0.5, 0.6) is 0 Å². The highest BCUT2D eigenvalue weighted by Gasteiger charge is 1.93. The monoisotopic (exact) mass is 332 g/mol. The third-order valence-electron chi connectivity index (χ3n) is 4.46. The quantitative estimate of drug-likeness (QED) is 0.345. The third-order valence-corrected chi connectivity index (χ3v) is 4.46. The number of rotatable bonds is 4. The van der Waals surface area contributed by atoms with E-state index in [9.17, 15) is 0 Å². The predicted molar refractivity (Wildman–Crippen MR) is 115 cm³/mol. The molecule has 0 aliphatic heterocycles. The molecular formula is C26H20. The zero-order valence-electron chi connectivity index (χ0n) is 14.5. The molecule has 0 aliphatic rings. The zero-order chi connectivity index (χ0) is 17.6. The molecule has 26 heavy (non-hydrogen) atoms. The smallest absolute Gasteiger partial charge is 0.0178 e. The summed E-state index contributed by atoms with van der Waals surface area (Å²) in [4.78, 5) is 0. The molecule has 0 saturated carbocycles. The average Bonchev–Trinajstić information content (AvgIpc) is 2.70. The van der Waals surface area contributed by atoms with Crippen LogP contribution in [0.25, 0.3) is 33.7 Å². The van der Waals surface area contributed by atoms with Gasteiger partial charge in [0.2, 0.25) is 0 Å². The maximum absolute atomic E-state index is 2.21. The Morgan fingerprint density at radius 1 is 0.385 bits per heavy atom. The molecule has 4 aromatic rings. The van der Waals surface area contributed by atoms with Crippen LogP contribution in [0.3, 0.4) is 0 Å². The highest BCUT2D eigenvalue weighted by molar-refractivity contribution is 5.85. The fourth-order valence-corrected chi connectivity index (χ4v) is 3.08. The molecule has 0 bridgehead atoms. The van der Waals surface area contributed by atoms with Crippen LogP contribution >= 0.6 is 0 Å². The van der Waals surface area contributed by atoms with E-state index in [0.29, 0.717) is 0 Å². The number of fused-ring (bicyclic) bond motifs is 2. The van der Waals surface area contributed by atoms with Gasteiger partial charge in [-0.3, -0.25) is 0 Å². The van der Waals surface area contributed by atoms with Crippen molar-refractivity contribution in [3.05, 3.63) is 120 Å². The van der Waals surface area contributed by atoms with Gasteiger partial charge in [0.25, 0.3) is 0 Å². The van der Waals surface area contributed by atoms with Crippen LogP contribution in [0.2, 0.25) is 0 Å². The second kappa shape index (κ2) is 7.67. The first-order chi connectivity index (χ1) is 12.9. The first-order valence-electron chi connectivity index (χ1n) is 8.87. The van der Waals surface area contributed by atoms with E-state index in [1.54, 1.807) is 0 Å². The minimum Gasteiger partial charge on any atom is -0.0622 e. The fraction of sp³-hybridized carbons (Fsp3) is 0. The highest BCUT2D eigenvalue weighted by Crippen LogP contribution is 2.17. The van der Waals surface area contributed by atoms with E-state index in [2.05, 4.69) is 121 Å². The third kappa shape index (κ3) is 3.81. The summed E-state index contributed by atoms with van der Waals surface area (Å²) in [6.45, 7) is 0. The van der Waals surface area contributed by atoms with Crippen molar-refractivity contribution in [3.63, 3.8) is 0 Å². The van der Waals surface area contributed by atoms with Gasteiger partial charge < -0.3 is 0 Å². The molecule has 0 heterocycles. The molecule has 0 spiro atoms. The Hall–Kier alpha value is -3.38. The summed E-state index contributed by atoms with van der Waals surface area (Å²) < 4.78 is 0. The molecule has 0 amide bonds. The van der Waals surface area contributed by atoms with Crippen molar-refractivity contribution in [1.82, 2.24) is 0 Å². The predicted octanol–water partition coefficient (Wildman–Crippen LogP) is 7.28. The number of benzene rings is 4. The molecule has 0 aliphatic carbocycles. The molecule has 0 unspecified atom stereocenters. The van der Waals surface area contributed by atoms with E-state index in [1.807, 2.05) is 0 Å². The summed E-state index contributed by atoms with van der Waals surface area (Å²) in [5.41, 5.74) is 2.43. The van der Waals surface area contributed by atoms with Crippen LogP contribution in [-0.4, -0.2) is 0 Å². The largest absolute Gasteiger partial charge is 0.0622 e. The van der Waals surface area contributed by atoms with Crippen LogP contribution in [0.1, 0.15) is 11.1 Å². The Bertz CT molecular complexity index is 1040. The standard InChI is InChI=1S/C26H20/c1(3-9-21-15-17-23-11-5-7-13-25(23)19-21)2-4-10-22-16-18-24-12-6-8-14-26(24)20-22/h1-20H/b2-1+,9-3+,10-4+. The Morgan fingerprint density at radius 3 is 1.27 bits per heavy atom. The highest BCUT2D eigenvalue weighted by atomic mass is 14.0. The lowest BCUT2D eigenvalue weighted by molar-refractivity contribution is 1.70. The van der Waals surface area contributed by atoms with E-state index < -0.39 is 0 Å². The minimum atomic E-state index is 1.21. The fourth-order valence-electron chi connectivity index (χ4n) is 3.08. The molecule has 4 aromatic carbocycles. The van der Waals surface area contributed by atoms with Gasteiger partial charge in [0.15, 0.2) is 0 Å². The van der Waals surface area contributed by atoms with Crippen molar-refractivity contribution in [2.75, 3.05) is 0 Å². The molecule has 0 fully saturated rings. The Kier molecular flexibility index (Phi) is 4.75. The van der Waals surface area contributed by atoms with E-state index in [0.717, 1.165) is 0 Å². The van der Waals surface area contributed by atoms with Crippen molar-refractivity contribution in [2.24, 2.45) is 0 Å². The number of hydrogen-bond donors (Lipinski definition) is 0. The molecule has 0 nitrogen and oxygen atoms in total. The number of allylic oxidation sites excluding steroid dienone is 4. The SMILES string of the molecule is C(=C\C=C\c1ccc2ccccc2c1)/C=C/c1ccc2ccccc2c1. The first-order valence-corrected chi connectivity index (χ1v) is 8.87. The molecule has 0 saturated heterocycles. The second-order valence-electron chi connectivity index (χ2n) is 6.32. The number of hydrogen-bond acceptors (Lipinski definition) is 0. The van der Waals surface area contributed by atoms with Crippen molar-refractivity contribution >= 4 is 33.7 Å². The van der Waals surface area contributed by atoms with Crippen molar-refractivity contribution in [3.8, 4) is 0 Å². The normalized spacial score (nSPS) is 12.2.